The van der Waals surface area contributed by atoms with Gasteiger partial charge < -0.3 is 9.40 Å². The van der Waals surface area contributed by atoms with Crippen molar-refractivity contribution in [1.82, 2.24) is 4.98 Å². The van der Waals surface area contributed by atoms with Crippen molar-refractivity contribution in [3.63, 3.8) is 0 Å². The fourth-order valence-electron chi connectivity index (χ4n) is 2.26. The maximum atomic E-state index is 10.7. The zero-order valence-corrected chi connectivity index (χ0v) is 11.9. The number of carbonyl (C=O) groups is 1. The third kappa shape index (κ3) is 2.16. The van der Waals surface area contributed by atoms with E-state index < -0.39 is 0 Å². The standard InChI is InChI=1S/C17H17NO2/c1-17(2,3)16-9-12-8-11(4-6-14(12)18-16)15-7-5-13(10-19)20-15/h4-10,18H,1-3H3. The Hall–Kier alpha value is -2.29. The molecule has 3 heteroatoms. The molecule has 102 valence electrons. The van der Waals surface area contributed by atoms with E-state index >= 15 is 0 Å². The fourth-order valence-corrected chi connectivity index (χ4v) is 2.26. The maximum Gasteiger partial charge on any atom is 0.185 e. The van der Waals surface area contributed by atoms with Crippen molar-refractivity contribution in [3.05, 3.63) is 47.9 Å². The highest BCUT2D eigenvalue weighted by molar-refractivity contribution is 5.85. The van der Waals surface area contributed by atoms with Gasteiger partial charge in [0.05, 0.1) is 0 Å². The van der Waals surface area contributed by atoms with Crippen LogP contribution in [0.25, 0.3) is 22.2 Å². The molecule has 0 amide bonds. The summed E-state index contributed by atoms with van der Waals surface area (Å²) in [6, 6.07) is 11.8. The first-order valence-electron chi connectivity index (χ1n) is 6.66. The molecule has 0 aliphatic carbocycles. The van der Waals surface area contributed by atoms with Crippen LogP contribution < -0.4 is 0 Å². The molecule has 0 unspecified atom stereocenters. The molecule has 0 saturated heterocycles. The zero-order valence-electron chi connectivity index (χ0n) is 11.9. The van der Waals surface area contributed by atoms with Gasteiger partial charge in [0.25, 0.3) is 0 Å². The Bertz CT molecular complexity index is 772. The van der Waals surface area contributed by atoms with Crippen LogP contribution in [0.3, 0.4) is 0 Å². The van der Waals surface area contributed by atoms with E-state index in [1.165, 1.54) is 5.69 Å². The van der Waals surface area contributed by atoms with Gasteiger partial charge in [-0.15, -0.1) is 0 Å². The number of hydrogen-bond donors (Lipinski definition) is 1. The largest absolute Gasteiger partial charge is 0.453 e. The van der Waals surface area contributed by atoms with Crippen molar-refractivity contribution < 1.29 is 9.21 Å². The molecule has 0 spiro atoms. The highest BCUT2D eigenvalue weighted by atomic mass is 16.3. The Morgan fingerprint density at radius 3 is 2.55 bits per heavy atom. The first-order valence-corrected chi connectivity index (χ1v) is 6.66. The lowest BCUT2D eigenvalue weighted by Crippen LogP contribution is -2.10. The van der Waals surface area contributed by atoms with Crippen molar-refractivity contribution in [1.29, 1.82) is 0 Å². The molecule has 2 aromatic heterocycles. The van der Waals surface area contributed by atoms with Gasteiger partial charge in [0.1, 0.15) is 5.76 Å². The van der Waals surface area contributed by atoms with E-state index in [9.17, 15) is 4.79 Å². The summed E-state index contributed by atoms with van der Waals surface area (Å²) in [5.74, 6) is 1.07. The van der Waals surface area contributed by atoms with Gasteiger partial charge in [0.2, 0.25) is 0 Å². The van der Waals surface area contributed by atoms with E-state index in [1.807, 2.05) is 18.2 Å². The number of H-pyrrole nitrogens is 1. The summed E-state index contributed by atoms with van der Waals surface area (Å²) in [7, 11) is 0. The molecule has 3 aromatic rings. The Labute approximate surface area is 117 Å². The quantitative estimate of drug-likeness (QED) is 0.693. The molecule has 0 fully saturated rings. The fraction of sp³-hybridized carbons (Fsp3) is 0.235. The molecule has 20 heavy (non-hydrogen) atoms. The summed E-state index contributed by atoms with van der Waals surface area (Å²) in [4.78, 5) is 14.1. The summed E-state index contributed by atoms with van der Waals surface area (Å²) < 4.78 is 5.46. The van der Waals surface area contributed by atoms with Crippen LogP contribution in [0.1, 0.15) is 37.0 Å². The summed E-state index contributed by atoms with van der Waals surface area (Å²) >= 11 is 0. The van der Waals surface area contributed by atoms with Crippen LogP contribution in [0.2, 0.25) is 0 Å². The summed E-state index contributed by atoms with van der Waals surface area (Å²) in [5.41, 5.74) is 3.39. The molecule has 1 aromatic carbocycles. The third-order valence-corrected chi connectivity index (χ3v) is 3.46. The second-order valence-corrected chi connectivity index (χ2v) is 6.05. The molecule has 2 heterocycles. The predicted octanol–water partition coefficient (Wildman–Crippen LogP) is 4.54. The first kappa shape index (κ1) is 12.7. The van der Waals surface area contributed by atoms with Crippen LogP contribution in [-0.4, -0.2) is 11.3 Å². The van der Waals surface area contributed by atoms with Gasteiger partial charge in [-0.1, -0.05) is 20.8 Å². The maximum absolute atomic E-state index is 10.7. The molecule has 0 aliphatic rings. The van der Waals surface area contributed by atoms with Crippen LogP contribution in [0, 0.1) is 0 Å². The Morgan fingerprint density at radius 1 is 1.10 bits per heavy atom. The molecule has 0 bridgehead atoms. The van der Waals surface area contributed by atoms with Crippen molar-refractivity contribution >= 4 is 17.2 Å². The van der Waals surface area contributed by atoms with E-state index in [4.69, 9.17) is 4.42 Å². The number of benzene rings is 1. The molecular weight excluding hydrogens is 250 g/mol. The van der Waals surface area contributed by atoms with Gasteiger partial charge in [0, 0.05) is 27.6 Å². The van der Waals surface area contributed by atoms with E-state index in [-0.39, 0.29) is 5.41 Å². The highest BCUT2D eigenvalue weighted by Gasteiger charge is 2.16. The molecular formula is C17H17NO2. The van der Waals surface area contributed by atoms with Crippen molar-refractivity contribution in [2.45, 2.75) is 26.2 Å². The van der Waals surface area contributed by atoms with Crippen molar-refractivity contribution in [2.24, 2.45) is 0 Å². The second-order valence-electron chi connectivity index (χ2n) is 6.05. The lowest BCUT2D eigenvalue weighted by Gasteiger charge is -2.15. The normalized spacial score (nSPS) is 11.9. The number of carbonyl (C=O) groups excluding carboxylic acids is 1. The second kappa shape index (κ2) is 4.37. The minimum atomic E-state index is 0.0918. The Morgan fingerprint density at radius 2 is 1.90 bits per heavy atom. The number of rotatable bonds is 2. The van der Waals surface area contributed by atoms with E-state index in [2.05, 4.69) is 37.9 Å². The van der Waals surface area contributed by atoms with Gasteiger partial charge in [-0.2, -0.15) is 0 Å². The number of nitrogens with one attached hydrogen (secondary N) is 1. The van der Waals surface area contributed by atoms with Gasteiger partial charge >= 0.3 is 0 Å². The molecule has 3 rings (SSSR count). The number of aldehydes is 1. The van der Waals surface area contributed by atoms with Gasteiger partial charge in [-0.3, -0.25) is 4.79 Å². The van der Waals surface area contributed by atoms with E-state index in [1.54, 1.807) is 6.07 Å². The van der Waals surface area contributed by atoms with Crippen LogP contribution in [-0.2, 0) is 5.41 Å². The number of aromatic amines is 1. The average Bonchev–Trinajstić information content (AvgIpc) is 3.03. The molecule has 0 saturated carbocycles. The monoisotopic (exact) mass is 267 g/mol. The predicted molar refractivity (Wildman–Crippen MR) is 80.1 cm³/mol. The van der Waals surface area contributed by atoms with Crippen LogP contribution >= 0.6 is 0 Å². The van der Waals surface area contributed by atoms with Crippen molar-refractivity contribution in [2.75, 3.05) is 0 Å². The topological polar surface area (TPSA) is 46.0 Å². The third-order valence-electron chi connectivity index (χ3n) is 3.46. The smallest absolute Gasteiger partial charge is 0.185 e. The number of fused-ring (bicyclic) bond motifs is 1. The zero-order chi connectivity index (χ0) is 14.3. The molecule has 0 radical (unpaired) electrons. The van der Waals surface area contributed by atoms with E-state index in [0.29, 0.717) is 11.5 Å². The van der Waals surface area contributed by atoms with Crippen molar-refractivity contribution in [3.8, 4) is 11.3 Å². The summed E-state index contributed by atoms with van der Waals surface area (Å²) in [6.07, 6.45) is 0.718. The van der Waals surface area contributed by atoms with Crippen LogP contribution in [0.4, 0.5) is 0 Å². The summed E-state index contributed by atoms with van der Waals surface area (Å²) in [5, 5.41) is 1.15. The van der Waals surface area contributed by atoms with Crippen LogP contribution in [0.15, 0.2) is 40.8 Å². The Balaban J connectivity index is 2.08. The lowest BCUT2D eigenvalue weighted by atomic mass is 9.92. The summed E-state index contributed by atoms with van der Waals surface area (Å²) in [6.45, 7) is 6.55. The Kier molecular flexibility index (Phi) is 2.78. The van der Waals surface area contributed by atoms with Gasteiger partial charge in [-0.25, -0.2) is 0 Å². The minimum absolute atomic E-state index is 0.0918. The molecule has 1 N–H and O–H groups in total. The SMILES string of the molecule is CC(C)(C)c1cc2cc(-c3ccc(C=O)o3)ccc2[nH]1. The number of furan rings is 1. The number of hydrogen-bond acceptors (Lipinski definition) is 2. The highest BCUT2D eigenvalue weighted by Crippen LogP contribution is 2.29. The van der Waals surface area contributed by atoms with Crippen LogP contribution in [0.5, 0.6) is 0 Å². The first-order chi connectivity index (χ1) is 9.47. The minimum Gasteiger partial charge on any atom is -0.453 e. The average molecular weight is 267 g/mol. The van der Waals surface area contributed by atoms with E-state index in [0.717, 1.165) is 22.8 Å². The lowest BCUT2D eigenvalue weighted by molar-refractivity contribution is 0.110. The number of aromatic nitrogens is 1. The molecule has 0 aliphatic heterocycles. The molecule has 0 atom stereocenters. The molecule has 3 nitrogen and oxygen atoms in total. The van der Waals surface area contributed by atoms with Gasteiger partial charge in [-0.05, 0) is 36.4 Å². The van der Waals surface area contributed by atoms with Gasteiger partial charge in [0.15, 0.2) is 12.0 Å².